The molecule has 2 heterocycles. The number of anilines is 2. The van der Waals surface area contributed by atoms with E-state index in [0.29, 0.717) is 42.7 Å². The fraction of sp³-hybridized carbons (Fsp3) is 0.280. The molecular formula is C25H27N3O5S. The first-order valence-electron chi connectivity index (χ1n) is 10.9. The van der Waals surface area contributed by atoms with Crippen molar-refractivity contribution >= 4 is 34.5 Å². The van der Waals surface area contributed by atoms with E-state index in [1.54, 1.807) is 59.6 Å². The molecule has 2 aromatic carbocycles. The van der Waals surface area contributed by atoms with Gasteiger partial charge in [-0.1, -0.05) is 12.1 Å². The number of hydrogen-bond acceptors (Lipinski definition) is 7. The SMILES string of the molecule is COc1cccc(NC(=O)CN(C)CC(=O)N(Cc2cccs2)c2ccc3c(c2)OCCO3)c1. The highest BCUT2D eigenvalue weighted by Crippen LogP contribution is 2.34. The number of benzene rings is 2. The van der Waals surface area contributed by atoms with Gasteiger partial charge in [-0.05, 0) is 42.8 Å². The molecule has 1 aromatic heterocycles. The van der Waals surface area contributed by atoms with Gasteiger partial charge in [0.1, 0.15) is 19.0 Å². The van der Waals surface area contributed by atoms with Crippen molar-refractivity contribution in [1.82, 2.24) is 4.90 Å². The molecule has 8 nitrogen and oxygen atoms in total. The van der Waals surface area contributed by atoms with Crippen molar-refractivity contribution in [3.8, 4) is 17.2 Å². The summed E-state index contributed by atoms with van der Waals surface area (Å²) < 4.78 is 16.5. The summed E-state index contributed by atoms with van der Waals surface area (Å²) in [6.45, 7) is 1.55. The molecule has 4 rings (SSSR count). The molecule has 1 aliphatic rings. The Hall–Kier alpha value is -3.56. The number of amides is 2. The number of thiophene rings is 1. The van der Waals surface area contributed by atoms with Crippen molar-refractivity contribution in [1.29, 1.82) is 0 Å². The van der Waals surface area contributed by atoms with Gasteiger partial charge in [0, 0.05) is 28.4 Å². The second-order valence-electron chi connectivity index (χ2n) is 7.84. The first-order valence-corrected chi connectivity index (χ1v) is 11.7. The maximum absolute atomic E-state index is 13.3. The normalized spacial score (nSPS) is 12.3. The Bertz CT molecular complexity index is 1140. The number of hydrogen-bond donors (Lipinski definition) is 1. The second kappa shape index (κ2) is 11.0. The molecule has 0 saturated carbocycles. The minimum absolute atomic E-state index is 0.0664. The van der Waals surface area contributed by atoms with Crippen LogP contribution in [0.3, 0.4) is 0 Å². The van der Waals surface area contributed by atoms with Gasteiger partial charge in [0.15, 0.2) is 11.5 Å². The molecule has 0 aliphatic carbocycles. The molecule has 0 bridgehead atoms. The fourth-order valence-corrected chi connectivity index (χ4v) is 4.29. The lowest BCUT2D eigenvalue weighted by Gasteiger charge is -2.27. The number of ether oxygens (including phenoxy) is 3. The molecule has 0 radical (unpaired) electrons. The molecule has 1 N–H and O–H groups in total. The van der Waals surface area contributed by atoms with Gasteiger partial charge in [-0.15, -0.1) is 11.3 Å². The molecular weight excluding hydrogens is 454 g/mol. The summed E-state index contributed by atoms with van der Waals surface area (Å²) in [7, 11) is 3.32. The van der Waals surface area contributed by atoms with E-state index in [9.17, 15) is 9.59 Å². The number of nitrogens with one attached hydrogen (secondary N) is 1. The Morgan fingerprint density at radius 1 is 1.03 bits per heavy atom. The number of likely N-dealkylation sites (N-methyl/N-ethyl adjacent to an activating group) is 1. The van der Waals surface area contributed by atoms with Gasteiger partial charge in [-0.2, -0.15) is 0 Å². The van der Waals surface area contributed by atoms with E-state index in [0.717, 1.165) is 10.6 Å². The largest absolute Gasteiger partial charge is 0.497 e. The van der Waals surface area contributed by atoms with Crippen molar-refractivity contribution in [3.63, 3.8) is 0 Å². The van der Waals surface area contributed by atoms with Gasteiger partial charge in [0.2, 0.25) is 11.8 Å². The molecule has 34 heavy (non-hydrogen) atoms. The van der Waals surface area contributed by atoms with Crippen LogP contribution in [0.25, 0.3) is 0 Å². The minimum Gasteiger partial charge on any atom is -0.497 e. The number of carbonyl (C=O) groups is 2. The fourth-order valence-electron chi connectivity index (χ4n) is 3.60. The van der Waals surface area contributed by atoms with Gasteiger partial charge < -0.3 is 24.4 Å². The maximum atomic E-state index is 13.3. The molecule has 0 atom stereocenters. The number of fused-ring (bicyclic) bond motifs is 1. The summed E-state index contributed by atoms with van der Waals surface area (Å²) in [6.07, 6.45) is 0. The monoisotopic (exact) mass is 481 g/mol. The Labute approximate surface area is 202 Å². The summed E-state index contributed by atoms with van der Waals surface area (Å²) >= 11 is 1.59. The summed E-state index contributed by atoms with van der Waals surface area (Å²) in [6, 6.07) is 16.6. The number of methoxy groups -OCH3 is 1. The van der Waals surface area contributed by atoms with Crippen LogP contribution in [-0.4, -0.2) is 57.2 Å². The predicted octanol–water partition coefficient (Wildman–Crippen LogP) is 3.63. The van der Waals surface area contributed by atoms with Gasteiger partial charge in [-0.3, -0.25) is 14.5 Å². The molecule has 0 saturated heterocycles. The molecule has 0 spiro atoms. The number of nitrogens with zero attached hydrogens (tertiary/aromatic N) is 2. The van der Waals surface area contributed by atoms with Crippen molar-refractivity contribution in [2.75, 3.05) is 50.7 Å². The van der Waals surface area contributed by atoms with Crippen molar-refractivity contribution in [2.45, 2.75) is 6.54 Å². The van der Waals surface area contributed by atoms with Crippen LogP contribution in [-0.2, 0) is 16.1 Å². The van der Waals surface area contributed by atoms with Gasteiger partial charge in [0.05, 0.1) is 26.7 Å². The van der Waals surface area contributed by atoms with Crippen molar-refractivity contribution in [3.05, 3.63) is 64.9 Å². The van der Waals surface area contributed by atoms with Gasteiger partial charge in [-0.25, -0.2) is 0 Å². The number of rotatable bonds is 9. The molecule has 3 aromatic rings. The highest BCUT2D eigenvalue weighted by atomic mass is 32.1. The molecule has 9 heteroatoms. The van der Waals surface area contributed by atoms with Crippen LogP contribution in [0.1, 0.15) is 4.88 Å². The lowest BCUT2D eigenvalue weighted by Crippen LogP contribution is -2.41. The highest BCUT2D eigenvalue weighted by Gasteiger charge is 2.22. The summed E-state index contributed by atoms with van der Waals surface area (Å²) in [4.78, 5) is 30.3. The van der Waals surface area contributed by atoms with E-state index in [-0.39, 0.29) is 24.9 Å². The molecule has 0 unspecified atom stereocenters. The van der Waals surface area contributed by atoms with Crippen LogP contribution in [0.5, 0.6) is 17.2 Å². The summed E-state index contributed by atoms with van der Waals surface area (Å²) in [5.41, 5.74) is 1.36. The zero-order valence-electron chi connectivity index (χ0n) is 19.2. The molecule has 0 fully saturated rings. The lowest BCUT2D eigenvalue weighted by molar-refractivity contribution is -0.121. The standard InChI is InChI=1S/C25H27N3O5S/c1-27(16-24(29)26-18-5-3-6-20(13-18)31-2)17-25(30)28(15-21-7-4-12-34-21)19-8-9-22-23(14-19)33-11-10-32-22/h3-9,12-14H,10-11,15-17H2,1-2H3,(H,26,29). The van der Waals surface area contributed by atoms with E-state index < -0.39 is 0 Å². The van der Waals surface area contributed by atoms with E-state index in [1.807, 2.05) is 35.7 Å². The molecule has 1 aliphatic heterocycles. The smallest absolute Gasteiger partial charge is 0.241 e. The Balaban J connectivity index is 1.43. The zero-order valence-corrected chi connectivity index (χ0v) is 20.0. The van der Waals surface area contributed by atoms with Crippen LogP contribution in [0.4, 0.5) is 11.4 Å². The van der Waals surface area contributed by atoms with Crippen LogP contribution in [0, 0.1) is 0 Å². The van der Waals surface area contributed by atoms with Crippen molar-refractivity contribution < 1.29 is 23.8 Å². The van der Waals surface area contributed by atoms with Crippen molar-refractivity contribution in [2.24, 2.45) is 0 Å². The Kier molecular flexibility index (Phi) is 7.66. The Morgan fingerprint density at radius 3 is 2.62 bits per heavy atom. The third-order valence-electron chi connectivity index (χ3n) is 5.20. The van der Waals surface area contributed by atoms with Crippen LogP contribution in [0.15, 0.2) is 60.0 Å². The maximum Gasteiger partial charge on any atom is 0.241 e. The quantitative estimate of drug-likeness (QED) is 0.503. The summed E-state index contributed by atoms with van der Waals surface area (Å²) in [5, 5.41) is 4.82. The first kappa shape index (κ1) is 23.6. The highest BCUT2D eigenvalue weighted by molar-refractivity contribution is 7.09. The second-order valence-corrected chi connectivity index (χ2v) is 8.87. The molecule has 178 valence electrons. The molecule has 2 amide bonds. The zero-order chi connectivity index (χ0) is 23.9. The van der Waals surface area contributed by atoms with Gasteiger partial charge >= 0.3 is 0 Å². The number of carbonyl (C=O) groups excluding carboxylic acids is 2. The van der Waals surface area contributed by atoms with Crippen LogP contribution >= 0.6 is 11.3 Å². The van der Waals surface area contributed by atoms with E-state index in [2.05, 4.69) is 5.32 Å². The third kappa shape index (κ3) is 6.06. The Morgan fingerprint density at radius 2 is 1.85 bits per heavy atom. The predicted molar refractivity (Wildman–Crippen MR) is 132 cm³/mol. The van der Waals surface area contributed by atoms with E-state index >= 15 is 0 Å². The van der Waals surface area contributed by atoms with E-state index in [1.165, 1.54) is 0 Å². The average molecular weight is 482 g/mol. The summed E-state index contributed by atoms with van der Waals surface area (Å²) in [5.74, 6) is 1.61. The average Bonchev–Trinajstić information content (AvgIpc) is 3.35. The topological polar surface area (TPSA) is 80.3 Å². The van der Waals surface area contributed by atoms with Crippen LogP contribution < -0.4 is 24.4 Å². The minimum atomic E-state index is -0.215. The lowest BCUT2D eigenvalue weighted by atomic mass is 10.2. The van der Waals surface area contributed by atoms with Crippen LogP contribution in [0.2, 0.25) is 0 Å². The van der Waals surface area contributed by atoms with Gasteiger partial charge in [0.25, 0.3) is 0 Å². The third-order valence-corrected chi connectivity index (χ3v) is 6.07. The first-order chi connectivity index (χ1) is 16.5. The van der Waals surface area contributed by atoms with E-state index in [4.69, 9.17) is 14.2 Å².